The van der Waals surface area contributed by atoms with Gasteiger partial charge in [-0.2, -0.15) is 0 Å². The highest BCUT2D eigenvalue weighted by atomic mass is 32.2. The van der Waals surface area contributed by atoms with Crippen LogP contribution in [0.15, 0.2) is 64.6 Å². The molecule has 0 bridgehead atoms. The first-order valence-corrected chi connectivity index (χ1v) is 8.36. The molecule has 6 heteroatoms. The monoisotopic (exact) mass is 330 g/mol. The molecule has 2 radical (unpaired) electrons. The van der Waals surface area contributed by atoms with Gasteiger partial charge < -0.3 is 4.84 Å². The van der Waals surface area contributed by atoms with Crippen LogP contribution in [0.5, 0.6) is 0 Å². The molecule has 2 aromatic rings. The fourth-order valence-corrected chi connectivity index (χ4v) is 3.19. The summed E-state index contributed by atoms with van der Waals surface area (Å²) in [5.74, 6) is 0. The maximum Gasteiger partial charge on any atom is 0.264 e. The van der Waals surface area contributed by atoms with Gasteiger partial charge in [0, 0.05) is 7.05 Å². The van der Waals surface area contributed by atoms with Crippen LogP contribution >= 0.6 is 0 Å². The van der Waals surface area contributed by atoms with Crippen molar-refractivity contribution in [1.29, 1.82) is 0 Å². The van der Waals surface area contributed by atoms with Gasteiger partial charge in [-0.25, -0.2) is 8.42 Å². The van der Waals surface area contributed by atoms with E-state index < -0.39 is 10.0 Å². The summed E-state index contributed by atoms with van der Waals surface area (Å²) >= 11 is 0. The number of rotatable bonds is 6. The Morgan fingerprint density at radius 3 is 2.30 bits per heavy atom. The summed E-state index contributed by atoms with van der Waals surface area (Å²) in [5.41, 5.74) is 2.07. The molecule has 5 nitrogen and oxygen atoms in total. The Kier molecular flexibility index (Phi) is 5.39. The molecule has 0 spiro atoms. The molecule has 0 heterocycles. The van der Waals surface area contributed by atoms with E-state index in [0.717, 1.165) is 5.56 Å². The van der Waals surface area contributed by atoms with Crippen LogP contribution in [0.1, 0.15) is 12.5 Å². The Balaban J connectivity index is 2.26. The Bertz CT molecular complexity index is 769. The first-order valence-electron chi connectivity index (χ1n) is 6.92. The van der Waals surface area contributed by atoms with Crippen LogP contribution < -0.4 is 4.31 Å². The summed E-state index contributed by atoms with van der Waals surface area (Å²) in [7, 11) is -2.05. The first kappa shape index (κ1) is 17.0. The van der Waals surface area contributed by atoms with Gasteiger partial charge in [-0.1, -0.05) is 35.5 Å². The highest BCUT2D eigenvalue weighted by Gasteiger charge is 2.20. The quantitative estimate of drug-likeness (QED) is 0.603. The van der Waals surface area contributed by atoms with Crippen LogP contribution in [-0.4, -0.2) is 21.2 Å². The molecule has 23 heavy (non-hydrogen) atoms. The van der Waals surface area contributed by atoms with E-state index in [2.05, 4.69) is 12.1 Å². The fraction of sp³-hybridized carbons (Fsp3) is 0.118. The van der Waals surface area contributed by atoms with Crippen molar-refractivity contribution in [2.24, 2.45) is 5.16 Å². The standard InChI is InChI=1S/C17H18N2O3S/c1-4-22-18-14(2)15-10-12-16(13-11-15)19(3)23(20,21)17-8-6-5-7-9-17/h4-13H,1H2,2-3H3. The van der Waals surface area contributed by atoms with Crippen LogP contribution in [0.2, 0.25) is 0 Å². The van der Waals surface area contributed by atoms with E-state index in [0.29, 0.717) is 11.4 Å². The average Bonchev–Trinajstić information content (AvgIpc) is 2.59. The summed E-state index contributed by atoms with van der Waals surface area (Å²) in [5, 5.41) is 3.85. The number of nitrogens with zero attached hydrogens (tertiary/aromatic N) is 2. The lowest BCUT2D eigenvalue weighted by Crippen LogP contribution is -2.26. The van der Waals surface area contributed by atoms with Crippen molar-refractivity contribution in [1.82, 2.24) is 0 Å². The molecule has 0 atom stereocenters. The Hall–Kier alpha value is -2.34. The molecule has 0 fully saturated rings. The van der Waals surface area contributed by atoms with E-state index in [1.54, 1.807) is 61.5 Å². The van der Waals surface area contributed by atoms with Gasteiger partial charge in [0.15, 0.2) is 6.61 Å². The topological polar surface area (TPSA) is 59.0 Å². The molecule has 0 amide bonds. The lowest BCUT2D eigenvalue weighted by Gasteiger charge is -2.19. The third-order valence-electron chi connectivity index (χ3n) is 3.31. The zero-order valence-electron chi connectivity index (χ0n) is 13.0. The summed E-state index contributed by atoms with van der Waals surface area (Å²) in [6, 6.07) is 15.3. The zero-order chi connectivity index (χ0) is 16.9. The number of sulfonamides is 1. The van der Waals surface area contributed by atoms with Gasteiger partial charge in [-0.3, -0.25) is 4.31 Å². The molecule has 2 aromatic carbocycles. The van der Waals surface area contributed by atoms with E-state index in [9.17, 15) is 8.42 Å². The molecule has 120 valence electrons. The maximum absolute atomic E-state index is 12.6. The molecule has 0 aromatic heterocycles. The Morgan fingerprint density at radius 2 is 1.74 bits per heavy atom. The number of oxime groups is 1. The second-order valence-corrected chi connectivity index (χ2v) is 6.75. The number of hydrogen-bond acceptors (Lipinski definition) is 4. The van der Waals surface area contributed by atoms with Gasteiger partial charge in [0.2, 0.25) is 0 Å². The summed E-state index contributed by atoms with van der Waals surface area (Å²) < 4.78 is 26.4. The predicted molar refractivity (Wildman–Crippen MR) is 91.4 cm³/mol. The van der Waals surface area contributed by atoms with Crippen molar-refractivity contribution >= 4 is 21.4 Å². The largest absolute Gasteiger partial charge is 0.388 e. The third-order valence-corrected chi connectivity index (χ3v) is 5.11. The molecule has 0 unspecified atom stereocenters. The Morgan fingerprint density at radius 1 is 1.13 bits per heavy atom. The minimum Gasteiger partial charge on any atom is -0.388 e. The average molecular weight is 330 g/mol. The van der Waals surface area contributed by atoms with Crippen LogP contribution in [-0.2, 0) is 14.9 Å². The molecule has 2 rings (SSSR count). The van der Waals surface area contributed by atoms with Crippen LogP contribution in [0.3, 0.4) is 0 Å². The second kappa shape index (κ2) is 7.28. The second-order valence-electron chi connectivity index (χ2n) is 4.78. The van der Waals surface area contributed by atoms with Gasteiger partial charge in [0.05, 0.1) is 16.3 Å². The number of anilines is 1. The highest BCUT2D eigenvalue weighted by Crippen LogP contribution is 2.22. The van der Waals surface area contributed by atoms with Gasteiger partial charge in [-0.15, -0.1) is 0 Å². The van der Waals surface area contributed by atoms with Crippen molar-refractivity contribution in [3.63, 3.8) is 0 Å². The summed E-state index contributed by atoms with van der Waals surface area (Å²) in [6.07, 6.45) is 0. The van der Waals surface area contributed by atoms with Crippen molar-refractivity contribution in [3.05, 3.63) is 73.7 Å². The van der Waals surface area contributed by atoms with Gasteiger partial charge in [0.1, 0.15) is 0 Å². The van der Waals surface area contributed by atoms with E-state index in [1.165, 1.54) is 18.0 Å². The van der Waals surface area contributed by atoms with Crippen LogP contribution in [0.4, 0.5) is 5.69 Å². The molecule has 0 aliphatic rings. The molecule has 0 aliphatic carbocycles. The van der Waals surface area contributed by atoms with Crippen LogP contribution in [0, 0.1) is 13.5 Å². The minimum atomic E-state index is -3.57. The third kappa shape index (κ3) is 3.90. The molecule has 0 saturated heterocycles. The van der Waals surface area contributed by atoms with Crippen LogP contribution in [0.25, 0.3) is 0 Å². The van der Waals surface area contributed by atoms with E-state index in [1.807, 2.05) is 0 Å². The Labute approximate surface area is 137 Å². The van der Waals surface area contributed by atoms with E-state index in [-0.39, 0.29) is 4.90 Å². The number of benzene rings is 2. The SMILES string of the molecule is [CH2][CH]ON=C(C)c1ccc(N(C)S(=O)(=O)c2ccccc2)cc1. The summed E-state index contributed by atoms with van der Waals surface area (Å²) in [4.78, 5) is 5.04. The number of hydrogen-bond donors (Lipinski definition) is 0. The van der Waals surface area contributed by atoms with Crippen molar-refractivity contribution < 1.29 is 13.3 Å². The summed E-state index contributed by atoms with van der Waals surface area (Å²) in [6.45, 7) is 6.45. The molecule has 0 aliphatic heterocycles. The van der Waals surface area contributed by atoms with Crippen molar-refractivity contribution in [2.45, 2.75) is 11.8 Å². The van der Waals surface area contributed by atoms with E-state index in [4.69, 9.17) is 4.84 Å². The van der Waals surface area contributed by atoms with Gasteiger partial charge >= 0.3 is 0 Å². The smallest absolute Gasteiger partial charge is 0.264 e. The first-order chi connectivity index (χ1) is 11.0. The lowest BCUT2D eigenvalue weighted by molar-refractivity contribution is 0.230. The molecular formula is C17H18N2O3S. The van der Waals surface area contributed by atoms with Crippen molar-refractivity contribution in [2.75, 3.05) is 11.4 Å². The predicted octanol–water partition coefficient (Wildman–Crippen LogP) is 3.25. The molecule has 0 N–H and O–H groups in total. The maximum atomic E-state index is 12.6. The highest BCUT2D eigenvalue weighted by molar-refractivity contribution is 7.92. The normalized spacial score (nSPS) is 12.0. The zero-order valence-corrected chi connectivity index (χ0v) is 13.8. The minimum absolute atomic E-state index is 0.253. The fourth-order valence-electron chi connectivity index (χ4n) is 1.97. The van der Waals surface area contributed by atoms with Gasteiger partial charge in [0.25, 0.3) is 10.0 Å². The van der Waals surface area contributed by atoms with Crippen molar-refractivity contribution in [3.8, 4) is 0 Å². The van der Waals surface area contributed by atoms with E-state index >= 15 is 0 Å². The lowest BCUT2D eigenvalue weighted by atomic mass is 10.1. The van der Waals surface area contributed by atoms with Gasteiger partial charge in [-0.05, 0) is 43.7 Å². The molecule has 0 saturated carbocycles. The molecular weight excluding hydrogens is 312 g/mol.